The number of fused-ring (bicyclic) bond motifs is 3. The largest absolute Gasteiger partial charge is 0.335 e. The Hall–Kier alpha value is -2.09. The summed E-state index contributed by atoms with van der Waals surface area (Å²) in [5.41, 5.74) is 3.45. The third-order valence-corrected chi connectivity index (χ3v) is 4.94. The molecule has 2 atom stereocenters. The summed E-state index contributed by atoms with van der Waals surface area (Å²) in [7, 11) is 1.96. The number of nitrogens with zero attached hydrogens (tertiary/aromatic N) is 1. The summed E-state index contributed by atoms with van der Waals surface area (Å²) in [5.74, 6) is 0.673. The normalized spacial score (nSPS) is 26.9. The van der Waals surface area contributed by atoms with Gasteiger partial charge in [-0.3, -0.25) is 4.79 Å². The number of carbonyl (C=O) groups excluding carboxylic acids is 1. The molecule has 4 rings (SSSR count). The van der Waals surface area contributed by atoms with Gasteiger partial charge in [-0.1, -0.05) is 48.5 Å². The van der Waals surface area contributed by atoms with Crippen LogP contribution in [-0.4, -0.2) is 23.4 Å². The summed E-state index contributed by atoms with van der Waals surface area (Å²) < 4.78 is 0. The molecule has 0 saturated heterocycles. The molecule has 2 aromatic rings. The molecule has 1 aliphatic heterocycles. The van der Waals surface area contributed by atoms with E-state index >= 15 is 0 Å². The predicted octanol–water partition coefficient (Wildman–Crippen LogP) is 3.24. The Morgan fingerprint density at radius 1 is 1.10 bits per heavy atom. The van der Waals surface area contributed by atoms with Gasteiger partial charge in [0.2, 0.25) is 0 Å². The van der Waals surface area contributed by atoms with Crippen molar-refractivity contribution in [2.75, 3.05) is 7.05 Å². The Labute approximate surface area is 119 Å². The molecule has 1 heterocycles. The van der Waals surface area contributed by atoms with E-state index in [1.54, 1.807) is 0 Å². The zero-order valence-electron chi connectivity index (χ0n) is 11.5. The average Bonchev–Trinajstić information content (AvgIpc) is 3.22. The van der Waals surface area contributed by atoms with Crippen molar-refractivity contribution in [2.45, 2.75) is 24.3 Å². The van der Waals surface area contributed by atoms with Crippen molar-refractivity contribution < 1.29 is 4.79 Å². The number of amides is 1. The third kappa shape index (κ3) is 1.48. The maximum Gasteiger partial charge on any atom is 0.254 e. The lowest BCUT2D eigenvalue weighted by atomic mass is 9.90. The van der Waals surface area contributed by atoms with E-state index in [2.05, 4.69) is 30.3 Å². The maximum atomic E-state index is 12.6. The summed E-state index contributed by atoms with van der Waals surface area (Å²) >= 11 is 0. The highest BCUT2D eigenvalue weighted by Gasteiger charge is 2.62. The van der Waals surface area contributed by atoms with Crippen LogP contribution in [0.2, 0.25) is 0 Å². The lowest BCUT2D eigenvalue weighted by Crippen LogP contribution is -2.45. The van der Waals surface area contributed by atoms with Gasteiger partial charge in [-0.2, -0.15) is 0 Å². The van der Waals surface area contributed by atoms with Crippen molar-refractivity contribution in [3.63, 3.8) is 0 Å². The molecule has 100 valence electrons. The van der Waals surface area contributed by atoms with Crippen LogP contribution < -0.4 is 0 Å². The number of hydrogen-bond donors (Lipinski definition) is 0. The van der Waals surface area contributed by atoms with Gasteiger partial charge in [-0.25, -0.2) is 0 Å². The average molecular weight is 263 g/mol. The quantitative estimate of drug-likeness (QED) is 0.814. The van der Waals surface area contributed by atoms with E-state index < -0.39 is 0 Å². The molecule has 0 N–H and O–H groups in total. The van der Waals surface area contributed by atoms with Gasteiger partial charge in [0, 0.05) is 18.5 Å². The van der Waals surface area contributed by atoms with Gasteiger partial charge >= 0.3 is 0 Å². The molecule has 0 aromatic heterocycles. The molecular formula is C18H17NO. The van der Waals surface area contributed by atoms with Crippen molar-refractivity contribution in [3.8, 4) is 0 Å². The van der Waals surface area contributed by atoms with Crippen LogP contribution >= 0.6 is 0 Å². The highest BCUT2D eigenvalue weighted by molar-refractivity contribution is 5.98. The number of carbonyl (C=O) groups is 1. The van der Waals surface area contributed by atoms with E-state index in [4.69, 9.17) is 0 Å². The van der Waals surface area contributed by atoms with Crippen LogP contribution in [0.25, 0.3) is 0 Å². The Bertz CT molecular complexity index is 679. The lowest BCUT2D eigenvalue weighted by Gasteiger charge is -2.34. The second kappa shape index (κ2) is 3.95. The molecule has 1 fully saturated rings. The first kappa shape index (κ1) is 11.7. The van der Waals surface area contributed by atoms with Crippen molar-refractivity contribution >= 4 is 5.91 Å². The van der Waals surface area contributed by atoms with Gasteiger partial charge in [-0.05, 0) is 30.0 Å². The molecule has 0 radical (unpaired) electrons. The van der Waals surface area contributed by atoms with Crippen molar-refractivity contribution in [3.05, 3.63) is 71.3 Å². The Balaban J connectivity index is 1.74. The number of benzene rings is 2. The van der Waals surface area contributed by atoms with Crippen LogP contribution in [0.3, 0.4) is 0 Å². The predicted molar refractivity (Wildman–Crippen MR) is 78.8 cm³/mol. The van der Waals surface area contributed by atoms with Crippen LogP contribution in [-0.2, 0) is 6.42 Å². The molecule has 1 aliphatic carbocycles. The summed E-state index contributed by atoms with van der Waals surface area (Å²) in [5, 5.41) is 0. The molecule has 0 unspecified atom stereocenters. The highest BCUT2D eigenvalue weighted by Crippen LogP contribution is 2.60. The van der Waals surface area contributed by atoms with Gasteiger partial charge < -0.3 is 4.90 Å². The zero-order valence-corrected chi connectivity index (χ0v) is 11.5. The molecule has 1 saturated carbocycles. The molecule has 2 nitrogen and oxygen atoms in total. The Kier molecular flexibility index (Phi) is 2.31. The van der Waals surface area contributed by atoms with Crippen molar-refractivity contribution in [1.82, 2.24) is 4.90 Å². The third-order valence-electron chi connectivity index (χ3n) is 4.94. The lowest BCUT2D eigenvalue weighted by molar-refractivity contribution is 0.0682. The smallest absolute Gasteiger partial charge is 0.254 e. The van der Waals surface area contributed by atoms with Crippen molar-refractivity contribution in [2.24, 2.45) is 0 Å². The second-order valence-electron chi connectivity index (χ2n) is 5.97. The minimum absolute atomic E-state index is 0.00674. The first-order valence-corrected chi connectivity index (χ1v) is 7.13. The van der Waals surface area contributed by atoms with Gasteiger partial charge in [0.05, 0.1) is 5.54 Å². The van der Waals surface area contributed by atoms with Crippen molar-refractivity contribution in [1.29, 1.82) is 0 Å². The van der Waals surface area contributed by atoms with Crippen LogP contribution in [0.5, 0.6) is 0 Å². The van der Waals surface area contributed by atoms with Crippen LogP contribution in [0, 0.1) is 0 Å². The van der Waals surface area contributed by atoms with E-state index in [1.807, 2.05) is 36.2 Å². The van der Waals surface area contributed by atoms with E-state index in [0.717, 1.165) is 18.4 Å². The van der Waals surface area contributed by atoms with E-state index in [-0.39, 0.29) is 11.4 Å². The van der Waals surface area contributed by atoms with Crippen LogP contribution in [0.4, 0.5) is 0 Å². The molecule has 2 aliphatic rings. The molecule has 2 heteroatoms. The second-order valence-corrected chi connectivity index (χ2v) is 5.97. The number of likely N-dealkylation sites (N-methyl/N-ethyl adjacent to an activating group) is 1. The molecular weight excluding hydrogens is 246 g/mol. The molecule has 20 heavy (non-hydrogen) atoms. The summed E-state index contributed by atoms with van der Waals surface area (Å²) in [6.07, 6.45) is 2.04. The molecule has 2 aromatic carbocycles. The zero-order chi connectivity index (χ0) is 13.7. The Morgan fingerprint density at radius 2 is 1.80 bits per heavy atom. The molecule has 0 bridgehead atoms. The minimum atomic E-state index is 0.00674. The number of rotatable bonds is 2. The molecule has 1 amide bonds. The fourth-order valence-electron chi connectivity index (χ4n) is 3.71. The van der Waals surface area contributed by atoms with Gasteiger partial charge in [0.25, 0.3) is 5.91 Å². The summed E-state index contributed by atoms with van der Waals surface area (Å²) in [4.78, 5) is 14.6. The SMILES string of the molecule is CN1C(=O)c2ccccc2[C@H]2C[C@]21Cc1ccccc1. The van der Waals surface area contributed by atoms with E-state index in [9.17, 15) is 4.79 Å². The molecule has 0 spiro atoms. The highest BCUT2D eigenvalue weighted by atomic mass is 16.2. The first-order chi connectivity index (χ1) is 9.72. The van der Waals surface area contributed by atoms with Gasteiger partial charge in [0.15, 0.2) is 0 Å². The number of hydrogen-bond acceptors (Lipinski definition) is 1. The van der Waals surface area contributed by atoms with Gasteiger partial charge in [0.1, 0.15) is 0 Å². The van der Waals surface area contributed by atoms with Crippen LogP contribution in [0.15, 0.2) is 54.6 Å². The standard InChI is InChI=1S/C18H17NO/c1-19-17(20)15-10-6-5-9-14(15)16-12-18(16,19)11-13-7-3-2-4-8-13/h2-10,16H,11-12H2,1H3/t16-,18-/m1/s1. The monoisotopic (exact) mass is 263 g/mol. The van der Waals surface area contributed by atoms with E-state index in [1.165, 1.54) is 11.1 Å². The van der Waals surface area contributed by atoms with E-state index in [0.29, 0.717) is 5.92 Å². The maximum absolute atomic E-state index is 12.6. The summed E-state index contributed by atoms with van der Waals surface area (Å²) in [6, 6.07) is 18.6. The minimum Gasteiger partial charge on any atom is -0.335 e. The topological polar surface area (TPSA) is 20.3 Å². The first-order valence-electron chi connectivity index (χ1n) is 7.13. The van der Waals surface area contributed by atoms with Crippen LogP contribution in [0.1, 0.15) is 33.8 Å². The Morgan fingerprint density at radius 3 is 2.60 bits per heavy atom. The summed E-state index contributed by atoms with van der Waals surface area (Å²) in [6.45, 7) is 0. The van der Waals surface area contributed by atoms with Gasteiger partial charge in [-0.15, -0.1) is 0 Å². The fourth-order valence-corrected chi connectivity index (χ4v) is 3.71. The fraction of sp³-hybridized carbons (Fsp3) is 0.278.